The Kier molecular flexibility index (Phi) is 3.63. The number of halogens is 2. The van der Waals surface area contributed by atoms with Crippen molar-refractivity contribution in [2.45, 2.75) is 6.92 Å². The lowest BCUT2D eigenvalue weighted by Crippen LogP contribution is -1.90. The highest BCUT2D eigenvalue weighted by molar-refractivity contribution is 9.10. The molecule has 0 atom stereocenters. The Bertz CT molecular complexity index is 634. The van der Waals surface area contributed by atoms with Crippen LogP contribution in [0, 0.1) is 24.1 Å². The molecule has 0 bridgehead atoms. The summed E-state index contributed by atoms with van der Waals surface area (Å²) >= 11 is 3.29. The van der Waals surface area contributed by atoms with Gasteiger partial charge in [0, 0.05) is 0 Å². The normalized spacial score (nSPS) is 9.89. The fraction of sp³-hybridized carbons (Fsp3) is 0.0714. The molecule has 90 valence electrons. The van der Waals surface area contributed by atoms with E-state index < -0.39 is 5.82 Å². The Morgan fingerprint density at radius 2 is 1.94 bits per heavy atom. The van der Waals surface area contributed by atoms with Crippen molar-refractivity contribution in [3.05, 3.63) is 57.8 Å². The maximum atomic E-state index is 13.5. The molecule has 0 heterocycles. The first-order valence-corrected chi connectivity index (χ1v) is 6.03. The first kappa shape index (κ1) is 12.6. The molecule has 2 nitrogen and oxygen atoms in total. The summed E-state index contributed by atoms with van der Waals surface area (Å²) in [6.45, 7) is 1.86. The minimum Gasteiger partial charge on any atom is -0.453 e. The van der Waals surface area contributed by atoms with Gasteiger partial charge in [-0.2, -0.15) is 5.26 Å². The standard InChI is InChI=1S/C14H9BrFNO/c1-9-2-4-12(16)14(6-9)18-13-5-3-10(8-17)7-11(13)15/h2-7H,1H3. The molecule has 0 aliphatic rings. The van der Waals surface area contributed by atoms with Gasteiger partial charge in [-0.15, -0.1) is 0 Å². The maximum Gasteiger partial charge on any atom is 0.165 e. The van der Waals surface area contributed by atoms with Gasteiger partial charge in [-0.1, -0.05) is 6.07 Å². The number of rotatable bonds is 2. The van der Waals surface area contributed by atoms with Gasteiger partial charge in [0.15, 0.2) is 11.6 Å². The number of nitrogens with zero attached hydrogens (tertiary/aromatic N) is 1. The molecule has 18 heavy (non-hydrogen) atoms. The summed E-state index contributed by atoms with van der Waals surface area (Å²) in [7, 11) is 0. The molecule has 0 aromatic heterocycles. The van der Waals surface area contributed by atoms with E-state index in [-0.39, 0.29) is 5.75 Å². The summed E-state index contributed by atoms with van der Waals surface area (Å²) in [5.41, 5.74) is 1.43. The molecule has 0 saturated carbocycles. The second-order valence-corrected chi connectivity index (χ2v) is 4.65. The van der Waals surface area contributed by atoms with Crippen LogP contribution < -0.4 is 4.74 Å². The fourth-order valence-electron chi connectivity index (χ4n) is 1.46. The van der Waals surface area contributed by atoms with Gasteiger partial charge in [0.1, 0.15) is 5.75 Å². The predicted octanol–water partition coefficient (Wildman–Crippen LogP) is 4.56. The van der Waals surface area contributed by atoms with Crippen LogP contribution in [0.25, 0.3) is 0 Å². The zero-order chi connectivity index (χ0) is 13.1. The third-order valence-electron chi connectivity index (χ3n) is 2.37. The minimum absolute atomic E-state index is 0.167. The summed E-state index contributed by atoms with van der Waals surface area (Å²) in [5, 5.41) is 8.75. The molecule has 0 N–H and O–H groups in total. The molecule has 0 amide bonds. The van der Waals surface area contributed by atoms with Crippen molar-refractivity contribution in [2.75, 3.05) is 0 Å². The van der Waals surface area contributed by atoms with Crippen LogP contribution in [0.15, 0.2) is 40.9 Å². The van der Waals surface area contributed by atoms with Crippen molar-refractivity contribution < 1.29 is 9.13 Å². The molecule has 2 aromatic rings. The zero-order valence-corrected chi connectivity index (χ0v) is 11.2. The number of ether oxygens (including phenoxy) is 1. The van der Waals surface area contributed by atoms with Crippen molar-refractivity contribution in [2.24, 2.45) is 0 Å². The van der Waals surface area contributed by atoms with E-state index in [1.54, 1.807) is 30.3 Å². The first-order chi connectivity index (χ1) is 8.60. The van der Waals surface area contributed by atoms with Gasteiger partial charge in [-0.3, -0.25) is 0 Å². The van der Waals surface area contributed by atoms with Crippen LogP contribution in [0.3, 0.4) is 0 Å². The molecule has 2 rings (SSSR count). The lowest BCUT2D eigenvalue weighted by molar-refractivity contribution is 0.439. The second-order valence-electron chi connectivity index (χ2n) is 3.79. The Morgan fingerprint density at radius 1 is 1.17 bits per heavy atom. The van der Waals surface area contributed by atoms with Gasteiger partial charge in [0.2, 0.25) is 0 Å². The quantitative estimate of drug-likeness (QED) is 0.815. The van der Waals surface area contributed by atoms with E-state index in [4.69, 9.17) is 10.00 Å². The molecule has 0 radical (unpaired) electrons. The number of benzene rings is 2. The first-order valence-electron chi connectivity index (χ1n) is 5.24. The molecule has 4 heteroatoms. The Hall–Kier alpha value is -1.86. The Labute approximate surface area is 113 Å². The molecule has 0 saturated heterocycles. The van der Waals surface area contributed by atoms with E-state index in [0.717, 1.165) is 5.56 Å². The predicted molar refractivity (Wildman–Crippen MR) is 70.1 cm³/mol. The summed E-state index contributed by atoms with van der Waals surface area (Å²) in [4.78, 5) is 0. The van der Waals surface area contributed by atoms with Crippen LogP contribution in [0.1, 0.15) is 11.1 Å². The smallest absolute Gasteiger partial charge is 0.165 e. The van der Waals surface area contributed by atoms with Crippen molar-refractivity contribution in [3.8, 4) is 17.6 Å². The lowest BCUT2D eigenvalue weighted by Gasteiger charge is -2.09. The molecule has 0 unspecified atom stereocenters. The number of hydrogen-bond acceptors (Lipinski definition) is 2. The van der Waals surface area contributed by atoms with Crippen molar-refractivity contribution in [1.29, 1.82) is 5.26 Å². The van der Waals surface area contributed by atoms with Crippen LogP contribution >= 0.6 is 15.9 Å². The van der Waals surface area contributed by atoms with Crippen molar-refractivity contribution in [1.82, 2.24) is 0 Å². The van der Waals surface area contributed by atoms with Gasteiger partial charge in [0.25, 0.3) is 0 Å². The van der Waals surface area contributed by atoms with E-state index in [0.29, 0.717) is 15.8 Å². The highest BCUT2D eigenvalue weighted by Crippen LogP contribution is 2.32. The number of hydrogen-bond donors (Lipinski definition) is 0. The van der Waals surface area contributed by atoms with Gasteiger partial charge >= 0.3 is 0 Å². The lowest BCUT2D eigenvalue weighted by atomic mass is 10.2. The Balaban J connectivity index is 2.34. The van der Waals surface area contributed by atoms with Crippen molar-refractivity contribution in [3.63, 3.8) is 0 Å². The van der Waals surface area contributed by atoms with Crippen LogP contribution in [0.5, 0.6) is 11.5 Å². The second kappa shape index (κ2) is 5.19. The monoisotopic (exact) mass is 305 g/mol. The topological polar surface area (TPSA) is 33.0 Å². The van der Waals surface area contributed by atoms with Crippen LogP contribution in [0.4, 0.5) is 4.39 Å². The SMILES string of the molecule is Cc1ccc(F)c(Oc2ccc(C#N)cc2Br)c1. The summed E-state index contributed by atoms with van der Waals surface area (Å²) in [6, 6.07) is 11.6. The molecule has 0 aliphatic heterocycles. The zero-order valence-electron chi connectivity index (χ0n) is 9.58. The molecule has 0 spiro atoms. The molecule has 2 aromatic carbocycles. The van der Waals surface area contributed by atoms with Crippen LogP contribution in [-0.4, -0.2) is 0 Å². The van der Waals surface area contributed by atoms with Crippen LogP contribution in [0.2, 0.25) is 0 Å². The molecular formula is C14H9BrFNO. The minimum atomic E-state index is -0.420. The molecule has 0 fully saturated rings. The van der Waals surface area contributed by atoms with E-state index in [1.165, 1.54) is 6.07 Å². The largest absolute Gasteiger partial charge is 0.453 e. The van der Waals surface area contributed by atoms with Gasteiger partial charge < -0.3 is 4.74 Å². The summed E-state index contributed by atoms with van der Waals surface area (Å²) in [5.74, 6) is 0.218. The Morgan fingerprint density at radius 3 is 2.61 bits per heavy atom. The summed E-state index contributed by atoms with van der Waals surface area (Å²) in [6.07, 6.45) is 0. The number of nitriles is 1. The van der Waals surface area contributed by atoms with Gasteiger partial charge in [0.05, 0.1) is 16.1 Å². The van der Waals surface area contributed by atoms with Crippen LogP contribution in [-0.2, 0) is 0 Å². The van der Waals surface area contributed by atoms with E-state index in [1.807, 2.05) is 13.0 Å². The average Bonchev–Trinajstić information content (AvgIpc) is 2.36. The van der Waals surface area contributed by atoms with Gasteiger partial charge in [-0.05, 0) is 58.7 Å². The molecule has 0 aliphatic carbocycles. The number of aryl methyl sites for hydroxylation is 1. The highest BCUT2D eigenvalue weighted by atomic mass is 79.9. The van der Waals surface area contributed by atoms with E-state index >= 15 is 0 Å². The summed E-state index contributed by atoms with van der Waals surface area (Å²) < 4.78 is 19.6. The maximum absolute atomic E-state index is 13.5. The molecular weight excluding hydrogens is 297 g/mol. The third-order valence-corrected chi connectivity index (χ3v) is 2.99. The van der Waals surface area contributed by atoms with Gasteiger partial charge in [-0.25, -0.2) is 4.39 Å². The fourth-order valence-corrected chi connectivity index (χ4v) is 1.92. The highest BCUT2D eigenvalue weighted by Gasteiger charge is 2.08. The van der Waals surface area contributed by atoms with Crippen molar-refractivity contribution >= 4 is 15.9 Å². The van der Waals surface area contributed by atoms with E-state index in [9.17, 15) is 4.39 Å². The average molecular weight is 306 g/mol. The third kappa shape index (κ3) is 2.69. The van der Waals surface area contributed by atoms with E-state index in [2.05, 4.69) is 15.9 Å².